The van der Waals surface area contributed by atoms with E-state index in [1.54, 1.807) is 13.8 Å². The number of halogens is 3. The highest BCUT2D eigenvalue weighted by Crippen LogP contribution is 2.69. The number of rotatable bonds is 5. The molecule has 10 heteroatoms. The van der Waals surface area contributed by atoms with Crippen molar-refractivity contribution in [3.8, 4) is 0 Å². The molecule has 24 heavy (non-hydrogen) atoms. The average molecular weight is 372 g/mol. The van der Waals surface area contributed by atoms with Gasteiger partial charge in [0.25, 0.3) is 0 Å². The van der Waals surface area contributed by atoms with Crippen LogP contribution < -0.4 is 0 Å². The van der Waals surface area contributed by atoms with Crippen molar-refractivity contribution in [2.24, 2.45) is 10.8 Å². The molecule has 1 aliphatic heterocycles. The standard InChI is InChI=1S/C14H19F3O6S/c1-8-12(4)5-6-13(23-8,11(12,2)3)10(18)22-7-9(15)14(16,17)24(19,20)21/h9H,1,5-7H2,2-4H3,(H,19,20,21). The molecule has 3 atom stereocenters. The minimum Gasteiger partial charge on any atom is -0.479 e. The van der Waals surface area contributed by atoms with Crippen LogP contribution in [0.15, 0.2) is 12.3 Å². The monoisotopic (exact) mass is 372 g/mol. The Balaban J connectivity index is 2.16. The Hall–Kier alpha value is -1.29. The predicted molar refractivity (Wildman–Crippen MR) is 76.4 cm³/mol. The van der Waals surface area contributed by atoms with Gasteiger partial charge >= 0.3 is 21.3 Å². The minimum absolute atomic E-state index is 0.236. The second kappa shape index (κ2) is 5.10. The second-order valence-corrected chi connectivity index (χ2v) is 8.41. The Kier molecular flexibility index (Phi) is 4.05. The molecule has 1 saturated carbocycles. The van der Waals surface area contributed by atoms with Gasteiger partial charge in [-0.15, -0.1) is 0 Å². The molecule has 0 spiro atoms. The minimum atomic E-state index is -5.97. The van der Waals surface area contributed by atoms with Crippen molar-refractivity contribution in [2.75, 3.05) is 6.61 Å². The van der Waals surface area contributed by atoms with Crippen LogP contribution in [-0.2, 0) is 24.4 Å². The molecule has 0 aromatic heterocycles. The first-order valence-corrected chi connectivity index (χ1v) is 8.62. The lowest BCUT2D eigenvalue weighted by atomic mass is 9.66. The highest BCUT2D eigenvalue weighted by atomic mass is 32.2. The maximum atomic E-state index is 13.5. The Bertz CT molecular complexity index is 689. The normalized spacial score (nSPS) is 33.2. The number of hydrogen-bond donors (Lipinski definition) is 1. The van der Waals surface area contributed by atoms with Crippen molar-refractivity contribution < 1.29 is 40.4 Å². The zero-order chi connectivity index (χ0) is 18.8. The van der Waals surface area contributed by atoms with Crippen molar-refractivity contribution in [1.29, 1.82) is 0 Å². The molecule has 2 fully saturated rings. The third kappa shape index (κ3) is 2.18. The lowest BCUT2D eigenvalue weighted by Gasteiger charge is -2.35. The molecule has 2 rings (SSSR count). The molecule has 0 amide bonds. The number of carbonyl (C=O) groups is 1. The number of fused-ring (bicyclic) bond motifs is 2. The van der Waals surface area contributed by atoms with E-state index in [2.05, 4.69) is 11.3 Å². The number of carbonyl (C=O) groups excluding carboxylic acids is 1. The Morgan fingerprint density at radius 2 is 1.96 bits per heavy atom. The quantitative estimate of drug-likeness (QED) is 0.589. The zero-order valence-electron chi connectivity index (χ0n) is 13.4. The Morgan fingerprint density at radius 1 is 1.42 bits per heavy atom. The van der Waals surface area contributed by atoms with Crippen LogP contribution in [0, 0.1) is 10.8 Å². The Labute approximate surface area is 137 Å². The third-order valence-electron chi connectivity index (χ3n) is 5.68. The maximum absolute atomic E-state index is 13.5. The number of hydrogen-bond acceptors (Lipinski definition) is 5. The van der Waals surface area contributed by atoms with Gasteiger partial charge in [-0.3, -0.25) is 4.55 Å². The van der Waals surface area contributed by atoms with Gasteiger partial charge in [-0.05, 0) is 12.8 Å². The van der Waals surface area contributed by atoms with Gasteiger partial charge in [0.2, 0.25) is 11.8 Å². The van der Waals surface area contributed by atoms with Gasteiger partial charge in [0.15, 0.2) is 0 Å². The van der Waals surface area contributed by atoms with Crippen LogP contribution in [0.5, 0.6) is 0 Å². The van der Waals surface area contributed by atoms with E-state index in [-0.39, 0.29) is 6.42 Å². The molecule has 3 unspecified atom stereocenters. The van der Waals surface area contributed by atoms with Gasteiger partial charge in [-0.1, -0.05) is 27.4 Å². The lowest BCUT2D eigenvalue weighted by molar-refractivity contribution is -0.176. The fourth-order valence-electron chi connectivity index (χ4n) is 3.41. The van der Waals surface area contributed by atoms with Gasteiger partial charge in [0.05, 0.1) is 5.76 Å². The first-order valence-electron chi connectivity index (χ1n) is 7.18. The smallest absolute Gasteiger partial charge is 0.403 e. The van der Waals surface area contributed by atoms with E-state index < -0.39 is 50.6 Å². The maximum Gasteiger partial charge on any atom is 0.403 e. The summed E-state index contributed by atoms with van der Waals surface area (Å²) in [4.78, 5) is 12.4. The van der Waals surface area contributed by atoms with Crippen LogP contribution in [0.25, 0.3) is 0 Å². The summed E-state index contributed by atoms with van der Waals surface area (Å²) < 4.78 is 79.3. The number of allylic oxidation sites excluding steroid dienone is 1. The lowest BCUT2D eigenvalue weighted by Crippen LogP contribution is -2.50. The van der Waals surface area contributed by atoms with Crippen LogP contribution in [0.3, 0.4) is 0 Å². The highest BCUT2D eigenvalue weighted by molar-refractivity contribution is 7.86. The SMILES string of the molecule is C=C1OC2(C(=O)OCC(F)C(F)(F)S(=O)(=O)O)CCC1(C)C2(C)C. The average Bonchev–Trinajstić information content (AvgIpc) is 2.73. The molecular weight excluding hydrogens is 353 g/mol. The molecule has 1 heterocycles. The van der Waals surface area contributed by atoms with Crippen LogP contribution in [0.2, 0.25) is 0 Å². The Morgan fingerprint density at radius 3 is 2.33 bits per heavy atom. The summed E-state index contributed by atoms with van der Waals surface area (Å²) in [6, 6.07) is 0. The molecule has 6 nitrogen and oxygen atoms in total. The van der Waals surface area contributed by atoms with Crippen LogP contribution in [-0.4, -0.2) is 42.6 Å². The predicted octanol–water partition coefficient (Wildman–Crippen LogP) is 2.46. The molecule has 1 N–H and O–H groups in total. The molecule has 0 aromatic rings. The van der Waals surface area contributed by atoms with Crippen molar-refractivity contribution in [2.45, 2.75) is 50.6 Å². The molecule has 2 aliphatic rings. The summed E-state index contributed by atoms with van der Waals surface area (Å²) in [5.74, 6) is -0.709. The first kappa shape index (κ1) is 19.0. The summed E-state index contributed by atoms with van der Waals surface area (Å²) >= 11 is 0. The third-order valence-corrected chi connectivity index (χ3v) is 6.62. The van der Waals surface area contributed by atoms with Crippen LogP contribution in [0.1, 0.15) is 33.6 Å². The summed E-state index contributed by atoms with van der Waals surface area (Å²) in [7, 11) is -5.97. The van der Waals surface area contributed by atoms with Crippen LogP contribution in [0.4, 0.5) is 13.2 Å². The van der Waals surface area contributed by atoms with Crippen molar-refractivity contribution in [3.05, 3.63) is 12.3 Å². The summed E-state index contributed by atoms with van der Waals surface area (Å²) in [6.07, 6.45) is -2.62. The summed E-state index contributed by atoms with van der Waals surface area (Å²) in [5, 5.41) is -5.08. The van der Waals surface area contributed by atoms with E-state index in [0.29, 0.717) is 12.2 Å². The zero-order valence-corrected chi connectivity index (χ0v) is 14.3. The molecule has 0 aromatic carbocycles. The van der Waals surface area contributed by atoms with E-state index >= 15 is 0 Å². The molecule has 2 bridgehead atoms. The van der Waals surface area contributed by atoms with Crippen LogP contribution >= 0.6 is 0 Å². The van der Waals surface area contributed by atoms with Crippen molar-refractivity contribution in [3.63, 3.8) is 0 Å². The fourth-order valence-corrected chi connectivity index (χ4v) is 3.80. The number of esters is 1. The first-order chi connectivity index (χ1) is 10.6. The number of ether oxygens (including phenoxy) is 2. The summed E-state index contributed by atoms with van der Waals surface area (Å²) in [6.45, 7) is 7.55. The largest absolute Gasteiger partial charge is 0.479 e. The van der Waals surface area contributed by atoms with Gasteiger partial charge < -0.3 is 9.47 Å². The summed E-state index contributed by atoms with van der Waals surface area (Å²) in [5.41, 5.74) is -2.79. The highest BCUT2D eigenvalue weighted by Gasteiger charge is 2.74. The molecule has 138 valence electrons. The fraction of sp³-hybridized carbons (Fsp3) is 0.786. The van der Waals surface area contributed by atoms with Gasteiger partial charge in [0.1, 0.15) is 6.61 Å². The number of alkyl halides is 3. The molecular formula is C14H19F3O6S. The molecule has 1 saturated heterocycles. The van der Waals surface area contributed by atoms with Gasteiger partial charge in [0, 0.05) is 10.8 Å². The molecule has 1 aliphatic carbocycles. The molecule has 0 radical (unpaired) electrons. The van der Waals surface area contributed by atoms with Crippen molar-refractivity contribution >= 4 is 16.1 Å². The van der Waals surface area contributed by atoms with E-state index in [0.717, 1.165) is 0 Å². The van der Waals surface area contributed by atoms with E-state index in [1.807, 2.05) is 6.92 Å². The van der Waals surface area contributed by atoms with E-state index in [9.17, 15) is 26.4 Å². The van der Waals surface area contributed by atoms with Gasteiger partial charge in [-0.2, -0.15) is 17.2 Å². The van der Waals surface area contributed by atoms with Gasteiger partial charge in [-0.25, -0.2) is 9.18 Å². The van der Waals surface area contributed by atoms with Crippen molar-refractivity contribution in [1.82, 2.24) is 0 Å². The van der Waals surface area contributed by atoms with E-state index in [1.165, 1.54) is 0 Å². The van der Waals surface area contributed by atoms with E-state index in [4.69, 9.17) is 9.29 Å². The topological polar surface area (TPSA) is 89.9 Å². The second-order valence-electron chi connectivity index (χ2n) is 6.91.